The van der Waals surface area contributed by atoms with E-state index in [9.17, 15) is 0 Å². The van der Waals surface area contributed by atoms with E-state index in [-0.39, 0.29) is 0 Å². The zero-order valence-corrected chi connectivity index (χ0v) is 7.81. The van der Waals surface area contributed by atoms with Crippen molar-refractivity contribution in [3.8, 4) is 0 Å². The summed E-state index contributed by atoms with van der Waals surface area (Å²) in [6.07, 6.45) is 1.32. The van der Waals surface area contributed by atoms with Crippen molar-refractivity contribution in [2.75, 3.05) is 0 Å². The molecule has 3 heteroatoms. The number of rotatable bonds is 1. The van der Waals surface area contributed by atoms with Crippen molar-refractivity contribution in [1.29, 1.82) is 0 Å². The average Bonchev–Trinajstić information content (AvgIpc) is 2.19. The van der Waals surface area contributed by atoms with E-state index in [0.717, 1.165) is 10.9 Å². The van der Waals surface area contributed by atoms with Gasteiger partial charge in [0, 0.05) is 5.39 Å². The number of benzene rings is 1. The maximum atomic E-state index is 8.37. The van der Waals surface area contributed by atoms with E-state index in [1.54, 1.807) is 0 Å². The molecular formula is C11H10N2O. The van der Waals surface area contributed by atoms with Crippen molar-refractivity contribution in [3.63, 3.8) is 0 Å². The zero-order chi connectivity index (χ0) is 9.97. The largest absolute Gasteiger partial charge is 0.411 e. The summed E-state index contributed by atoms with van der Waals surface area (Å²) in [5.74, 6) is 0. The van der Waals surface area contributed by atoms with Gasteiger partial charge in [0.25, 0.3) is 0 Å². The van der Waals surface area contributed by atoms with Crippen LogP contribution in [0.1, 0.15) is 11.3 Å². The van der Waals surface area contributed by atoms with Crippen molar-refractivity contribution < 1.29 is 5.21 Å². The molecule has 1 heterocycles. The van der Waals surface area contributed by atoms with Crippen LogP contribution < -0.4 is 0 Å². The molecule has 1 N–H and O–H groups in total. The molecule has 0 aliphatic carbocycles. The second kappa shape index (κ2) is 3.46. The molecule has 2 rings (SSSR count). The smallest absolute Gasteiger partial charge is 0.0918 e. The molecule has 0 saturated heterocycles. The Morgan fingerprint density at radius 1 is 1.29 bits per heavy atom. The van der Waals surface area contributed by atoms with Gasteiger partial charge in [-0.2, -0.15) is 0 Å². The summed E-state index contributed by atoms with van der Waals surface area (Å²) in [4.78, 5) is 4.30. The van der Waals surface area contributed by atoms with Crippen LogP contribution in [0, 0.1) is 6.92 Å². The fourth-order valence-corrected chi connectivity index (χ4v) is 1.39. The molecule has 0 unspecified atom stereocenters. The lowest BCUT2D eigenvalue weighted by molar-refractivity contribution is 0.321. The highest BCUT2D eigenvalue weighted by molar-refractivity contribution is 5.85. The lowest BCUT2D eigenvalue weighted by Gasteiger charge is -1.99. The first-order valence-electron chi connectivity index (χ1n) is 4.34. The minimum Gasteiger partial charge on any atom is -0.411 e. The standard InChI is InChI=1S/C11H10N2O/c1-8-2-5-11-9(6-8)3-4-10(13-11)7-12-14/h2-7,14H,1H3/b12-7+. The lowest BCUT2D eigenvalue weighted by Crippen LogP contribution is -1.88. The molecule has 0 fully saturated rings. The summed E-state index contributed by atoms with van der Waals surface area (Å²) in [5, 5.41) is 12.4. The van der Waals surface area contributed by atoms with Crippen LogP contribution in [0.25, 0.3) is 10.9 Å². The van der Waals surface area contributed by atoms with Gasteiger partial charge in [-0.3, -0.25) is 0 Å². The van der Waals surface area contributed by atoms with Gasteiger partial charge in [-0.1, -0.05) is 22.9 Å². The fourth-order valence-electron chi connectivity index (χ4n) is 1.39. The molecule has 70 valence electrons. The Kier molecular flexibility index (Phi) is 2.14. The third-order valence-electron chi connectivity index (χ3n) is 2.06. The van der Waals surface area contributed by atoms with Gasteiger partial charge in [-0.25, -0.2) is 4.98 Å². The number of hydrogen-bond donors (Lipinski definition) is 1. The van der Waals surface area contributed by atoms with Crippen LogP contribution in [0.15, 0.2) is 35.5 Å². The SMILES string of the molecule is Cc1ccc2nc(/C=N/O)ccc2c1. The first-order valence-corrected chi connectivity index (χ1v) is 4.34. The van der Waals surface area contributed by atoms with Crippen molar-refractivity contribution in [2.45, 2.75) is 6.92 Å². The molecule has 3 nitrogen and oxygen atoms in total. The monoisotopic (exact) mass is 186 g/mol. The van der Waals surface area contributed by atoms with E-state index >= 15 is 0 Å². The van der Waals surface area contributed by atoms with Crippen molar-refractivity contribution in [2.24, 2.45) is 5.16 Å². The van der Waals surface area contributed by atoms with Crippen LogP contribution in [0.2, 0.25) is 0 Å². The first-order chi connectivity index (χ1) is 6.79. The molecule has 1 aromatic heterocycles. The number of pyridine rings is 1. The molecule has 0 aliphatic rings. The Balaban J connectivity index is 2.61. The van der Waals surface area contributed by atoms with Crippen LogP contribution >= 0.6 is 0 Å². The summed E-state index contributed by atoms with van der Waals surface area (Å²) in [5.41, 5.74) is 2.78. The van der Waals surface area contributed by atoms with Crippen molar-refractivity contribution in [3.05, 3.63) is 41.6 Å². The number of fused-ring (bicyclic) bond motifs is 1. The second-order valence-corrected chi connectivity index (χ2v) is 3.18. The summed E-state index contributed by atoms with van der Waals surface area (Å²) in [7, 11) is 0. The Bertz CT molecular complexity index is 492. The Hall–Kier alpha value is -1.90. The van der Waals surface area contributed by atoms with E-state index in [0.29, 0.717) is 5.69 Å². The van der Waals surface area contributed by atoms with E-state index < -0.39 is 0 Å². The highest BCUT2D eigenvalue weighted by Crippen LogP contribution is 2.13. The third kappa shape index (κ3) is 1.57. The van der Waals surface area contributed by atoms with Gasteiger partial charge in [0.05, 0.1) is 17.4 Å². The number of oxime groups is 1. The highest BCUT2D eigenvalue weighted by atomic mass is 16.4. The molecule has 0 radical (unpaired) electrons. The third-order valence-corrected chi connectivity index (χ3v) is 2.06. The number of nitrogens with zero attached hydrogens (tertiary/aromatic N) is 2. The maximum absolute atomic E-state index is 8.37. The molecule has 0 saturated carbocycles. The van der Waals surface area contributed by atoms with Gasteiger partial charge >= 0.3 is 0 Å². The van der Waals surface area contributed by atoms with Crippen LogP contribution in [-0.4, -0.2) is 16.4 Å². The van der Waals surface area contributed by atoms with Crippen molar-refractivity contribution in [1.82, 2.24) is 4.98 Å². The van der Waals surface area contributed by atoms with Gasteiger partial charge in [-0.05, 0) is 25.1 Å². The molecule has 0 amide bonds. The van der Waals surface area contributed by atoms with E-state index in [4.69, 9.17) is 5.21 Å². The normalized spacial score (nSPS) is 11.2. The van der Waals surface area contributed by atoms with Crippen molar-refractivity contribution >= 4 is 17.1 Å². The molecule has 14 heavy (non-hydrogen) atoms. The summed E-state index contributed by atoms with van der Waals surface area (Å²) < 4.78 is 0. The van der Waals surface area contributed by atoms with Crippen LogP contribution in [-0.2, 0) is 0 Å². The summed E-state index contributed by atoms with van der Waals surface area (Å²) in [6.45, 7) is 2.04. The van der Waals surface area contributed by atoms with Gasteiger partial charge in [0.2, 0.25) is 0 Å². The van der Waals surface area contributed by atoms with E-state index in [1.165, 1.54) is 11.8 Å². The minimum absolute atomic E-state index is 0.656. The zero-order valence-electron chi connectivity index (χ0n) is 7.81. The van der Waals surface area contributed by atoms with Gasteiger partial charge < -0.3 is 5.21 Å². The van der Waals surface area contributed by atoms with E-state index in [2.05, 4.69) is 16.2 Å². The van der Waals surface area contributed by atoms with E-state index in [1.807, 2.05) is 31.2 Å². The Morgan fingerprint density at radius 2 is 2.14 bits per heavy atom. The second-order valence-electron chi connectivity index (χ2n) is 3.18. The number of aromatic nitrogens is 1. The Labute approximate surface area is 81.7 Å². The summed E-state index contributed by atoms with van der Waals surface area (Å²) >= 11 is 0. The molecule has 0 spiro atoms. The number of aryl methyl sites for hydroxylation is 1. The van der Waals surface area contributed by atoms with Gasteiger partial charge in [-0.15, -0.1) is 0 Å². The molecular weight excluding hydrogens is 176 g/mol. The molecule has 0 atom stereocenters. The summed E-state index contributed by atoms with van der Waals surface area (Å²) in [6, 6.07) is 9.82. The van der Waals surface area contributed by atoms with Crippen LogP contribution in [0.3, 0.4) is 0 Å². The average molecular weight is 186 g/mol. The van der Waals surface area contributed by atoms with Gasteiger partial charge in [0.1, 0.15) is 0 Å². The maximum Gasteiger partial charge on any atom is 0.0918 e. The minimum atomic E-state index is 0.656. The molecule has 2 aromatic rings. The predicted octanol–water partition coefficient (Wildman–Crippen LogP) is 2.35. The predicted molar refractivity (Wildman–Crippen MR) is 55.9 cm³/mol. The molecule has 0 aliphatic heterocycles. The quantitative estimate of drug-likeness (QED) is 0.422. The molecule has 0 bridgehead atoms. The van der Waals surface area contributed by atoms with Crippen LogP contribution in [0.4, 0.5) is 0 Å². The fraction of sp³-hybridized carbons (Fsp3) is 0.0909. The van der Waals surface area contributed by atoms with Crippen LogP contribution in [0.5, 0.6) is 0 Å². The number of hydrogen-bond acceptors (Lipinski definition) is 3. The lowest BCUT2D eigenvalue weighted by atomic mass is 10.1. The Morgan fingerprint density at radius 3 is 2.93 bits per heavy atom. The first kappa shape index (κ1) is 8.69. The van der Waals surface area contributed by atoms with Gasteiger partial charge in [0.15, 0.2) is 0 Å². The highest BCUT2D eigenvalue weighted by Gasteiger charge is 1.96. The topological polar surface area (TPSA) is 45.5 Å². The molecule has 1 aromatic carbocycles.